The van der Waals surface area contributed by atoms with Crippen LogP contribution in [0.4, 0.5) is 4.79 Å². The number of amides is 2. The predicted octanol–water partition coefficient (Wildman–Crippen LogP) is 0.709. The zero-order valence-corrected chi connectivity index (χ0v) is 13.1. The van der Waals surface area contributed by atoms with Gasteiger partial charge < -0.3 is 9.64 Å². The Labute approximate surface area is 119 Å². The summed E-state index contributed by atoms with van der Waals surface area (Å²) in [6.07, 6.45) is 1.40. The highest BCUT2D eigenvalue weighted by Crippen LogP contribution is 2.19. The predicted molar refractivity (Wildman–Crippen MR) is 73.5 cm³/mol. The van der Waals surface area contributed by atoms with E-state index in [1.807, 2.05) is 4.72 Å². The molecule has 0 radical (unpaired) electrons. The third-order valence-corrected chi connectivity index (χ3v) is 3.38. The number of nitrogens with zero attached hydrogens (tertiary/aromatic N) is 1. The molecular formula is C12H22N2O5S. The Hall–Kier alpha value is -1.31. The molecule has 0 unspecified atom stereocenters. The highest BCUT2D eigenvalue weighted by Gasteiger charge is 2.30. The summed E-state index contributed by atoms with van der Waals surface area (Å²) in [5.74, 6) is -0.889. The molecule has 116 valence electrons. The Bertz CT molecular complexity index is 473. The summed E-state index contributed by atoms with van der Waals surface area (Å²) in [5.41, 5.74) is -0.554. The number of ether oxygens (including phenoxy) is 1. The summed E-state index contributed by atoms with van der Waals surface area (Å²) < 4.78 is 29.2. The van der Waals surface area contributed by atoms with E-state index in [0.717, 1.165) is 6.26 Å². The van der Waals surface area contributed by atoms with Gasteiger partial charge in [-0.25, -0.2) is 13.2 Å². The molecular weight excluding hydrogens is 284 g/mol. The van der Waals surface area contributed by atoms with Crippen molar-refractivity contribution >= 4 is 22.0 Å². The fourth-order valence-electron chi connectivity index (χ4n) is 1.92. The van der Waals surface area contributed by atoms with E-state index in [1.165, 1.54) is 4.90 Å². The largest absolute Gasteiger partial charge is 0.444 e. The van der Waals surface area contributed by atoms with Crippen LogP contribution in [0, 0.1) is 5.92 Å². The Kier molecular flexibility index (Phi) is 5.01. The summed E-state index contributed by atoms with van der Waals surface area (Å²) in [5, 5.41) is 0. The Morgan fingerprint density at radius 1 is 1.20 bits per heavy atom. The normalized spacial score (nSPS) is 17.7. The summed E-state index contributed by atoms with van der Waals surface area (Å²) >= 11 is 0. The SMILES string of the molecule is CC(C)(C)OC(=O)N1CCC(C(=O)NS(C)(=O)=O)CC1. The van der Waals surface area contributed by atoms with Crippen molar-refractivity contribution in [2.75, 3.05) is 19.3 Å². The zero-order valence-electron chi connectivity index (χ0n) is 12.3. The van der Waals surface area contributed by atoms with E-state index in [2.05, 4.69) is 0 Å². The van der Waals surface area contributed by atoms with Crippen molar-refractivity contribution < 1.29 is 22.7 Å². The van der Waals surface area contributed by atoms with Gasteiger partial charge >= 0.3 is 6.09 Å². The van der Waals surface area contributed by atoms with Crippen molar-refractivity contribution in [3.63, 3.8) is 0 Å². The van der Waals surface area contributed by atoms with Crippen LogP contribution in [0.25, 0.3) is 0 Å². The minimum Gasteiger partial charge on any atom is -0.444 e. The Morgan fingerprint density at radius 3 is 2.10 bits per heavy atom. The molecule has 1 aliphatic heterocycles. The second kappa shape index (κ2) is 5.99. The van der Waals surface area contributed by atoms with Gasteiger partial charge in [0.1, 0.15) is 5.60 Å². The van der Waals surface area contributed by atoms with E-state index in [0.29, 0.717) is 25.9 Å². The van der Waals surface area contributed by atoms with Crippen LogP contribution in [0.15, 0.2) is 0 Å². The van der Waals surface area contributed by atoms with Gasteiger partial charge in [0.05, 0.1) is 6.26 Å². The molecule has 8 heteroatoms. The van der Waals surface area contributed by atoms with Gasteiger partial charge in [0.15, 0.2) is 0 Å². The van der Waals surface area contributed by atoms with Gasteiger partial charge in [0, 0.05) is 19.0 Å². The molecule has 1 heterocycles. The van der Waals surface area contributed by atoms with Crippen LogP contribution in [0.3, 0.4) is 0 Å². The molecule has 1 aliphatic rings. The van der Waals surface area contributed by atoms with Crippen LogP contribution in [-0.4, -0.2) is 50.3 Å². The number of hydrogen-bond donors (Lipinski definition) is 1. The minimum absolute atomic E-state index is 0.386. The molecule has 0 saturated carbocycles. The number of nitrogens with one attached hydrogen (secondary N) is 1. The molecule has 1 rings (SSSR count). The van der Waals surface area contributed by atoms with E-state index in [4.69, 9.17) is 4.74 Å². The van der Waals surface area contributed by atoms with Crippen LogP contribution in [0.1, 0.15) is 33.6 Å². The van der Waals surface area contributed by atoms with Crippen molar-refractivity contribution in [3.8, 4) is 0 Å². The molecule has 0 aromatic carbocycles. The average molecular weight is 306 g/mol. The highest BCUT2D eigenvalue weighted by atomic mass is 32.2. The van der Waals surface area contributed by atoms with Gasteiger partial charge in [-0.05, 0) is 33.6 Å². The molecule has 0 bridgehead atoms. The topological polar surface area (TPSA) is 92.8 Å². The number of hydrogen-bond acceptors (Lipinski definition) is 5. The lowest BCUT2D eigenvalue weighted by atomic mass is 9.97. The highest BCUT2D eigenvalue weighted by molar-refractivity contribution is 7.89. The first-order chi connectivity index (χ1) is 8.98. The number of sulfonamides is 1. The molecule has 0 aromatic heterocycles. The summed E-state index contributed by atoms with van der Waals surface area (Å²) in [6.45, 7) is 6.14. The molecule has 2 amide bonds. The molecule has 0 spiro atoms. The average Bonchev–Trinajstić information content (AvgIpc) is 2.24. The van der Waals surface area contributed by atoms with Crippen molar-refractivity contribution in [2.45, 2.75) is 39.2 Å². The lowest BCUT2D eigenvalue weighted by molar-refractivity contribution is -0.124. The van der Waals surface area contributed by atoms with E-state index in [1.54, 1.807) is 20.8 Å². The number of likely N-dealkylation sites (tertiary alicyclic amines) is 1. The van der Waals surface area contributed by atoms with Crippen LogP contribution in [0.2, 0.25) is 0 Å². The second-order valence-corrected chi connectivity index (χ2v) is 7.73. The minimum atomic E-state index is -3.53. The van der Waals surface area contributed by atoms with Gasteiger partial charge in [0.2, 0.25) is 15.9 Å². The van der Waals surface area contributed by atoms with Crippen LogP contribution < -0.4 is 4.72 Å². The second-order valence-electron chi connectivity index (χ2n) is 5.98. The molecule has 0 atom stereocenters. The van der Waals surface area contributed by atoms with E-state index in [-0.39, 0.29) is 5.92 Å². The number of carbonyl (C=O) groups excluding carboxylic acids is 2. The van der Waals surface area contributed by atoms with Crippen molar-refractivity contribution in [2.24, 2.45) is 5.92 Å². The van der Waals surface area contributed by atoms with Crippen molar-refractivity contribution in [3.05, 3.63) is 0 Å². The van der Waals surface area contributed by atoms with Gasteiger partial charge in [-0.15, -0.1) is 0 Å². The van der Waals surface area contributed by atoms with Crippen LogP contribution in [0.5, 0.6) is 0 Å². The third kappa shape index (κ3) is 5.77. The first-order valence-electron chi connectivity index (χ1n) is 6.47. The first-order valence-corrected chi connectivity index (χ1v) is 8.36. The lowest BCUT2D eigenvalue weighted by Crippen LogP contribution is -2.45. The monoisotopic (exact) mass is 306 g/mol. The molecule has 0 aliphatic carbocycles. The molecule has 1 saturated heterocycles. The quantitative estimate of drug-likeness (QED) is 0.811. The summed E-state index contributed by atoms with van der Waals surface area (Å²) in [6, 6.07) is 0. The molecule has 1 N–H and O–H groups in total. The molecule has 20 heavy (non-hydrogen) atoms. The number of piperidine rings is 1. The molecule has 7 nitrogen and oxygen atoms in total. The fraction of sp³-hybridized carbons (Fsp3) is 0.833. The molecule has 0 aromatic rings. The Morgan fingerprint density at radius 2 is 1.70 bits per heavy atom. The smallest absolute Gasteiger partial charge is 0.410 e. The lowest BCUT2D eigenvalue weighted by Gasteiger charge is -2.32. The summed E-state index contributed by atoms with van der Waals surface area (Å²) in [7, 11) is -3.53. The number of rotatable bonds is 2. The maximum Gasteiger partial charge on any atom is 0.410 e. The first kappa shape index (κ1) is 16.7. The Balaban J connectivity index is 2.48. The standard InChI is InChI=1S/C12H22N2O5S/c1-12(2,3)19-11(16)14-7-5-9(6-8-14)10(15)13-20(4,17)18/h9H,5-8H2,1-4H3,(H,13,15). The van der Waals surface area contributed by atoms with E-state index < -0.39 is 27.6 Å². The van der Waals surface area contributed by atoms with E-state index in [9.17, 15) is 18.0 Å². The molecule has 1 fully saturated rings. The van der Waals surface area contributed by atoms with Crippen molar-refractivity contribution in [1.82, 2.24) is 9.62 Å². The number of carbonyl (C=O) groups is 2. The van der Waals surface area contributed by atoms with Gasteiger partial charge in [0.25, 0.3) is 0 Å². The van der Waals surface area contributed by atoms with Gasteiger partial charge in [-0.1, -0.05) is 0 Å². The van der Waals surface area contributed by atoms with Crippen LogP contribution in [-0.2, 0) is 19.6 Å². The zero-order chi connectivity index (χ0) is 15.6. The van der Waals surface area contributed by atoms with Crippen LogP contribution >= 0.6 is 0 Å². The maximum atomic E-state index is 11.8. The van der Waals surface area contributed by atoms with E-state index >= 15 is 0 Å². The van der Waals surface area contributed by atoms with Gasteiger partial charge in [-0.3, -0.25) is 9.52 Å². The van der Waals surface area contributed by atoms with Crippen molar-refractivity contribution in [1.29, 1.82) is 0 Å². The summed E-state index contributed by atoms with van der Waals surface area (Å²) in [4.78, 5) is 25.1. The maximum absolute atomic E-state index is 11.8. The van der Waals surface area contributed by atoms with Gasteiger partial charge in [-0.2, -0.15) is 0 Å². The fourth-order valence-corrected chi connectivity index (χ4v) is 2.45. The third-order valence-electron chi connectivity index (χ3n) is 2.80.